The molecule has 2 rings (SSSR count). The summed E-state index contributed by atoms with van der Waals surface area (Å²) < 4.78 is 1.32. The lowest BCUT2D eigenvalue weighted by Gasteiger charge is -2.43. The number of hydrogen-bond acceptors (Lipinski definition) is 6. The van der Waals surface area contributed by atoms with Crippen molar-refractivity contribution in [2.24, 2.45) is 0 Å². The summed E-state index contributed by atoms with van der Waals surface area (Å²) in [4.78, 5) is 16.5. The third-order valence-corrected chi connectivity index (χ3v) is 3.64. The van der Waals surface area contributed by atoms with E-state index < -0.39 is 0 Å². The predicted molar refractivity (Wildman–Crippen MR) is 74.6 cm³/mol. The lowest BCUT2D eigenvalue weighted by Crippen LogP contribution is -2.58. The number of amides is 1. The lowest BCUT2D eigenvalue weighted by atomic mass is 10.1. The molecule has 0 bridgehead atoms. The van der Waals surface area contributed by atoms with Crippen molar-refractivity contribution in [2.45, 2.75) is 32.5 Å². The Morgan fingerprint density at radius 1 is 1.45 bits per heavy atom. The molecule has 1 saturated heterocycles. The maximum absolute atomic E-state index is 12.4. The summed E-state index contributed by atoms with van der Waals surface area (Å²) in [5.74, 6) is 0.144. The first-order chi connectivity index (χ1) is 9.52. The minimum absolute atomic E-state index is 0.0124. The molecule has 2 atom stereocenters. The molecule has 8 heteroatoms. The van der Waals surface area contributed by atoms with Crippen LogP contribution in [0.2, 0.25) is 0 Å². The van der Waals surface area contributed by atoms with Crippen molar-refractivity contribution in [3.63, 3.8) is 0 Å². The van der Waals surface area contributed by atoms with E-state index in [1.54, 1.807) is 0 Å². The van der Waals surface area contributed by atoms with E-state index in [4.69, 9.17) is 5.73 Å². The first-order valence-electron chi connectivity index (χ1n) is 6.69. The number of nitrogens with zero attached hydrogens (tertiary/aromatic N) is 6. The van der Waals surface area contributed by atoms with Gasteiger partial charge in [0.2, 0.25) is 11.9 Å². The van der Waals surface area contributed by atoms with Gasteiger partial charge in [0.1, 0.15) is 6.54 Å². The fraction of sp³-hybridized carbons (Fsp3) is 0.667. The van der Waals surface area contributed by atoms with Gasteiger partial charge in [0.15, 0.2) is 0 Å². The second-order valence-electron chi connectivity index (χ2n) is 5.18. The average Bonchev–Trinajstić information content (AvgIpc) is 2.79. The van der Waals surface area contributed by atoms with Crippen LogP contribution in [-0.4, -0.2) is 67.6 Å². The molecule has 2 heterocycles. The van der Waals surface area contributed by atoms with Gasteiger partial charge >= 0.3 is 0 Å². The lowest BCUT2D eigenvalue weighted by molar-refractivity contribution is -0.137. The highest BCUT2D eigenvalue weighted by Gasteiger charge is 2.31. The second-order valence-corrected chi connectivity index (χ2v) is 5.18. The maximum atomic E-state index is 12.4. The number of nitrogen functional groups attached to an aromatic ring is 1. The van der Waals surface area contributed by atoms with Crippen LogP contribution in [0.3, 0.4) is 0 Å². The molecule has 8 nitrogen and oxygen atoms in total. The average molecular weight is 279 g/mol. The van der Waals surface area contributed by atoms with Gasteiger partial charge in [0.05, 0.1) is 0 Å². The molecule has 0 saturated carbocycles. The van der Waals surface area contributed by atoms with Crippen LogP contribution in [0.25, 0.3) is 0 Å². The first kappa shape index (κ1) is 14.4. The molecule has 1 fully saturated rings. The van der Waals surface area contributed by atoms with E-state index in [0.717, 1.165) is 13.1 Å². The molecule has 20 heavy (non-hydrogen) atoms. The Morgan fingerprint density at radius 3 is 2.80 bits per heavy atom. The number of aromatic nitrogens is 4. The first-order valence-corrected chi connectivity index (χ1v) is 6.69. The predicted octanol–water partition coefficient (Wildman–Crippen LogP) is -0.637. The molecule has 1 amide bonds. The van der Waals surface area contributed by atoms with Crippen molar-refractivity contribution >= 4 is 11.9 Å². The van der Waals surface area contributed by atoms with Crippen LogP contribution in [0.5, 0.6) is 0 Å². The summed E-state index contributed by atoms with van der Waals surface area (Å²) in [5, 5.41) is 10.7. The van der Waals surface area contributed by atoms with Crippen molar-refractivity contribution in [1.29, 1.82) is 0 Å². The van der Waals surface area contributed by atoms with Gasteiger partial charge in [-0.1, -0.05) is 11.2 Å². The van der Waals surface area contributed by atoms with Crippen LogP contribution in [0.1, 0.15) is 13.8 Å². The molecule has 2 N–H and O–H groups in total. The molecule has 1 aromatic rings. The highest BCUT2D eigenvalue weighted by atomic mass is 16.2. The van der Waals surface area contributed by atoms with Crippen LogP contribution < -0.4 is 5.73 Å². The smallest absolute Gasteiger partial charge is 0.244 e. The number of carbonyl (C=O) groups is 1. The molecular weight excluding hydrogens is 258 g/mol. The van der Waals surface area contributed by atoms with E-state index in [0.29, 0.717) is 12.6 Å². The van der Waals surface area contributed by atoms with E-state index in [1.165, 1.54) is 4.68 Å². The molecule has 1 aliphatic rings. The summed E-state index contributed by atoms with van der Waals surface area (Å²) in [6, 6.07) is 0.454. The zero-order valence-electron chi connectivity index (χ0n) is 11.9. The summed E-state index contributed by atoms with van der Waals surface area (Å²) in [5.41, 5.74) is 5.58. The van der Waals surface area contributed by atoms with Crippen molar-refractivity contribution in [3.8, 4) is 0 Å². The number of hydrogen-bond donors (Lipinski definition) is 1. The Hall–Kier alpha value is -1.96. The highest BCUT2D eigenvalue weighted by Crippen LogP contribution is 2.15. The standard InChI is InChI=1S/C12H21N7O/c1-4-5-17-6-10(3)18(7-9(17)2)11(20)8-19-12(13)14-15-16-19/h4,9-10H,1,5-8H2,2-3H3,(H2,13,14,16)/t9-,10-/m1/s1. The minimum atomic E-state index is -0.0124. The van der Waals surface area contributed by atoms with Crippen molar-refractivity contribution in [3.05, 3.63) is 12.7 Å². The summed E-state index contributed by atoms with van der Waals surface area (Å²) in [7, 11) is 0. The zero-order chi connectivity index (χ0) is 14.7. The fourth-order valence-corrected chi connectivity index (χ4v) is 2.51. The van der Waals surface area contributed by atoms with Crippen molar-refractivity contribution in [1.82, 2.24) is 30.0 Å². The largest absolute Gasteiger partial charge is 0.367 e. The van der Waals surface area contributed by atoms with Gasteiger partial charge in [-0.05, 0) is 24.3 Å². The van der Waals surface area contributed by atoms with Crippen LogP contribution in [0, 0.1) is 0 Å². The van der Waals surface area contributed by atoms with E-state index in [9.17, 15) is 4.79 Å². The molecule has 0 spiro atoms. The topological polar surface area (TPSA) is 93.2 Å². The number of carbonyl (C=O) groups excluding carboxylic acids is 1. The van der Waals surface area contributed by atoms with E-state index >= 15 is 0 Å². The zero-order valence-corrected chi connectivity index (χ0v) is 11.9. The van der Waals surface area contributed by atoms with E-state index in [-0.39, 0.29) is 24.4 Å². The van der Waals surface area contributed by atoms with Crippen LogP contribution in [-0.2, 0) is 11.3 Å². The van der Waals surface area contributed by atoms with E-state index in [2.05, 4.69) is 33.9 Å². The van der Waals surface area contributed by atoms with E-state index in [1.807, 2.05) is 17.9 Å². The minimum Gasteiger partial charge on any atom is -0.367 e. The van der Waals surface area contributed by atoms with Crippen LogP contribution in [0.4, 0.5) is 5.95 Å². The van der Waals surface area contributed by atoms with Crippen LogP contribution >= 0.6 is 0 Å². The third kappa shape index (κ3) is 2.96. The highest BCUT2D eigenvalue weighted by molar-refractivity contribution is 5.76. The molecule has 110 valence electrons. The number of tetrazole rings is 1. The SMILES string of the molecule is C=CCN1C[C@@H](C)N(C(=O)Cn2nnnc2N)C[C@H]1C. The number of nitrogens with two attached hydrogens (primary N) is 1. The van der Waals surface area contributed by atoms with Gasteiger partial charge in [-0.2, -0.15) is 0 Å². The monoisotopic (exact) mass is 279 g/mol. The normalized spacial score (nSPS) is 23.8. The number of rotatable bonds is 4. The number of anilines is 1. The van der Waals surface area contributed by atoms with Gasteiger partial charge < -0.3 is 10.6 Å². The molecule has 1 aliphatic heterocycles. The molecule has 0 radical (unpaired) electrons. The van der Waals surface area contributed by atoms with Gasteiger partial charge in [0.25, 0.3) is 0 Å². The molecule has 0 aromatic carbocycles. The molecule has 0 unspecified atom stereocenters. The third-order valence-electron chi connectivity index (χ3n) is 3.64. The van der Waals surface area contributed by atoms with Crippen LogP contribution in [0.15, 0.2) is 12.7 Å². The Morgan fingerprint density at radius 2 is 2.20 bits per heavy atom. The van der Waals surface area contributed by atoms with Gasteiger partial charge in [0, 0.05) is 31.7 Å². The van der Waals surface area contributed by atoms with Gasteiger partial charge in [-0.3, -0.25) is 9.69 Å². The Bertz CT molecular complexity index is 486. The van der Waals surface area contributed by atoms with Gasteiger partial charge in [-0.25, -0.2) is 4.68 Å². The maximum Gasteiger partial charge on any atom is 0.244 e. The van der Waals surface area contributed by atoms with Crippen molar-refractivity contribution in [2.75, 3.05) is 25.4 Å². The van der Waals surface area contributed by atoms with Crippen molar-refractivity contribution < 1.29 is 4.79 Å². The molecule has 0 aliphatic carbocycles. The molecule has 1 aromatic heterocycles. The quantitative estimate of drug-likeness (QED) is 0.737. The summed E-state index contributed by atoms with van der Waals surface area (Å²) in [6.07, 6.45) is 1.89. The number of piperazine rings is 1. The Kier molecular flexibility index (Phi) is 4.33. The Labute approximate surface area is 118 Å². The summed E-state index contributed by atoms with van der Waals surface area (Å²) in [6.45, 7) is 10.4. The molecular formula is C12H21N7O. The second kappa shape index (κ2) is 6.00. The van der Waals surface area contributed by atoms with Gasteiger partial charge in [-0.15, -0.1) is 6.58 Å². The fourth-order valence-electron chi connectivity index (χ4n) is 2.51. The summed E-state index contributed by atoms with van der Waals surface area (Å²) >= 11 is 0. The Balaban J connectivity index is 2.00.